The predicted octanol–water partition coefficient (Wildman–Crippen LogP) is 3.49. The van der Waals surface area contributed by atoms with Crippen molar-refractivity contribution in [2.75, 3.05) is 0 Å². The van der Waals surface area contributed by atoms with Gasteiger partial charge in [-0.2, -0.15) is 5.26 Å². The Morgan fingerprint density at radius 2 is 1.84 bits per heavy atom. The van der Waals surface area contributed by atoms with Crippen molar-refractivity contribution in [2.45, 2.75) is 19.5 Å². The number of aryl methyl sites for hydroxylation is 1. The van der Waals surface area contributed by atoms with Gasteiger partial charge in [-0.25, -0.2) is 4.39 Å². The molecule has 0 radical (unpaired) electrons. The molecule has 0 spiro atoms. The van der Waals surface area contributed by atoms with E-state index in [-0.39, 0.29) is 11.9 Å². The first-order chi connectivity index (χ1) is 9.20. The van der Waals surface area contributed by atoms with Crippen LogP contribution in [0.5, 0.6) is 0 Å². The van der Waals surface area contributed by atoms with E-state index in [1.807, 2.05) is 31.2 Å². The number of benzene rings is 2. The second-order valence-electron chi connectivity index (χ2n) is 4.43. The lowest BCUT2D eigenvalue weighted by atomic mass is 10.0. The minimum absolute atomic E-state index is 0.250. The van der Waals surface area contributed by atoms with Gasteiger partial charge in [0.1, 0.15) is 11.9 Å². The molecule has 19 heavy (non-hydrogen) atoms. The Morgan fingerprint density at radius 1 is 1.16 bits per heavy atom. The molecule has 2 rings (SSSR count). The number of rotatable bonds is 4. The zero-order valence-corrected chi connectivity index (χ0v) is 10.7. The molecule has 96 valence electrons. The summed E-state index contributed by atoms with van der Waals surface area (Å²) in [6.07, 6.45) is 0. The Labute approximate surface area is 112 Å². The Kier molecular flexibility index (Phi) is 4.27. The van der Waals surface area contributed by atoms with Crippen molar-refractivity contribution in [1.29, 1.82) is 5.26 Å². The quantitative estimate of drug-likeness (QED) is 0.906. The summed E-state index contributed by atoms with van der Waals surface area (Å²) in [5.41, 5.74) is 3.02. The first-order valence-electron chi connectivity index (χ1n) is 6.13. The highest BCUT2D eigenvalue weighted by Gasteiger charge is 2.11. The molecular formula is C16H15FN2. The molecule has 3 heteroatoms. The van der Waals surface area contributed by atoms with Crippen LogP contribution in [-0.4, -0.2) is 0 Å². The van der Waals surface area contributed by atoms with Crippen LogP contribution >= 0.6 is 0 Å². The highest BCUT2D eigenvalue weighted by molar-refractivity contribution is 5.32. The smallest absolute Gasteiger partial charge is 0.123 e. The Balaban J connectivity index is 2.07. The van der Waals surface area contributed by atoms with Crippen LogP contribution in [0.3, 0.4) is 0 Å². The first-order valence-corrected chi connectivity index (χ1v) is 6.13. The van der Waals surface area contributed by atoms with Gasteiger partial charge in [-0.3, -0.25) is 5.32 Å². The summed E-state index contributed by atoms with van der Waals surface area (Å²) in [7, 11) is 0. The largest absolute Gasteiger partial charge is 0.294 e. The third-order valence-corrected chi connectivity index (χ3v) is 3.05. The third kappa shape index (κ3) is 3.40. The topological polar surface area (TPSA) is 35.8 Å². The standard InChI is InChI=1S/C16H15FN2/c1-12-4-2-3-5-15(12)16(10-18)19-11-13-6-8-14(17)9-7-13/h2-9,16,19H,11H2,1H3. The summed E-state index contributed by atoms with van der Waals surface area (Å²) in [5, 5.41) is 12.4. The van der Waals surface area contributed by atoms with E-state index in [1.54, 1.807) is 12.1 Å². The van der Waals surface area contributed by atoms with E-state index in [4.69, 9.17) is 0 Å². The molecule has 0 aromatic heterocycles. The summed E-state index contributed by atoms with van der Waals surface area (Å²) in [5.74, 6) is -0.250. The molecule has 2 nitrogen and oxygen atoms in total. The van der Waals surface area contributed by atoms with Crippen LogP contribution in [0.2, 0.25) is 0 Å². The molecule has 0 amide bonds. The average Bonchev–Trinajstić information content (AvgIpc) is 2.43. The number of hydrogen-bond donors (Lipinski definition) is 1. The van der Waals surface area contributed by atoms with E-state index in [1.165, 1.54) is 12.1 Å². The van der Waals surface area contributed by atoms with Crippen molar-refractivity contribution >= 4 is 0 Å². The van der Waals surface area contributed by atoms with Gasteiger partial charge in [0, 0.05) is 6.54 Å². The molecular weight excluding hydrogens is 239 g/mol. The van der Waals surface area contributed by atoms with Gasteiger partial charge in [0.2, 0.25) is 0 Å². The minimum atomic E-state index is -0.355. The fourth-order valence-corrected chi connectivity index (χ4v) is 1.96. The van der Waals surface area contributed by atoms with Crippen molar-refractivity contribution in [3.8, 4) is 6.07 Å². The Bertz CT molecular complexity index is 584. The van der Waals surface area contributed by atoms with Gasteiger partial charge in [0.25, 0.3) is 0 Å². The molecule has 0 heterocycles. The van der Waals surface area contributed by atoms with Crippen LogP contribution in [0, 0.1) is 24.1 Å². The summed E-state index contributed by atoms with van der Waals surface area (Å²) >= 11 is 0. The molecule has 0 saturated heterocycles. The summed E-state index contributed by atoms with van der Waals surface area (Å²) in [6, 6.07) is 16.0. The van der Waals surface area contributed by atoms with Crippen LogP contribution in [0.15, 0.2) is 48.5 Å². The summed E-state index contributed by atoms with van der Waals surface area (Å²) in [6.45, 7) is 2.52. The normalized spacial score (nSPS) is 11.8. The number of nitrogens with one attached hydrogen (secondary N) is 1. The molecule has 0 aliphatic rings. The first kappa shape index (κ1) is 13.3. The van der Waals surface area contributed by atoms with Gasteiger partial charge in [0.05, 0.1) is 6.07 Å². The Morgan fingerprint density at radius 3 is 2.47 bits per heavy atom. The highest BCUT2D eigenvalue weighted by atomic mass is 19.1. The maximum absolute atomic E-state index is 12.8. The van der Waals surface area contributed by atoms with Crippen molar-refractivity contribution in [3.63, 3.8) is 0 Å². The molecule has 1 N–H and O–H groups in total. The number of nitrogens with zero attached hydrogens (tertiary/aromatic N) is 1. The van der Waals surface area contributed by atoms with Crippen LogP contribution in [-0.2, 0) is 6.54 Å². The molecule has 0 saturated carbocycles. The SMILES string of the molecule is Cc1ccccc1C(C#N)NCc1ccc(F)cc1. The van der Waals surface area contributed by atoms with E-state index < -0.39 is 0 Å². The maximum atomic E-state index is 12.8. The maximum Gasteiger partial charge on any atom is 0.123 e. The minimum Gasteiger partial charge on any atom is -0.294 e. The van der Waals surface area contributed by atoms with Crippen molar-refractivity contribution in [1.82, 2.24) is 5.32 Å². The average molecular weight is 254 g/mol. The third-order valence-electron chi connectivity index (χ3n) is 3.05. The van der Waals surface area contributed by atoms with Crippen molar-refractivity contribution < 1.29 is 4.39 Å². The molecule has 1 atom stereocenters. The van der Waals surface area contributed by atoms with Crippen LogP contribution in [0.4, 0.5) is 4.39 Å². The fraction of sp³-hybridized carbons (Fsp3) is 0.188. The molecule has 2 aromatic carbocycles. The second-order valence-corrected chi connectivity index (χ2v) is 4.43. The zero-order valence-electron chi connectivity index (χ0n) is 10.7. The van der Waals surface area contributed by atoms with E-state index in [0.717, 1.165) is 16.7 Å². The van der Waals surface area contributed by atoms with Gasteiger partial charge in [-0.1, -0.05) is 36.4 Å². The summed E-state index contributed by atoms with van der Waals surface area (Å²) in [4.78, 5) is 0. The fourth-order valence-electron chi connectivity index (χ4n) is 1.96. The van der Waals surface area contributed by atoms with Gasteiger partial charge < -0.3 is 0 Å². The van der Waals surface area contributed by atoms with Crippen molar-refractivity contribution in [3.05, 3.63) is 71.0 Å². The van der Waals surface area contributed by atoms with Crippen LogP contribution in [0.1, 0.15) is 22.7 Å². The predicted molar refractivity (Wildman–Crippen MR) is 72.8 cm³/mol. The number of hydrogen-bond acceptors (Lipinski definition) is 2. The summed E-state index contributed by atoms with van der Waals surface area (Å²) < 4.78 is 12.8. The highest BCUT2D eigenvalue weighted by Crippen LogP contribution is 2.17. The lowest BCUT2D eigenvalue weighted by Crippen LogP contribution is -2.20. The van der Waals surface area contributed by atoms with Crippen LogP contribution in [0.25, 0.3) is 0 Å². The van der Waals surface area contributed by atoms with E-state index in [9.17, 15) is 9.65 Å². The van der Waals surface area contributed by atoms with Gasteiger partial charge in [-0.05, 0) is 35.7 Å². The van der Waals surface area contributed by atoms with Gasteiger partial charge >= 0.3 is 0 Å². The molecule has 0 bridgehead atoms. The van der Waals surface area contributed by atoms with Gasteiger partial charge in [-0.15, -0.1) is 0 Å². The Hall–Kier alpha value is -2.18. The molecule has 0 aliphatic heterocycles. The van der Waals surface area contributed by atoms with E-state index in [0.29, 0.717) is 6.54 Å². The van der Waals surface area contributed by atoms with Gasteiger partial charge in [0.15, 0.2) is 0 Å². The molecule has 0 aliphatic carbocycles. The molecule has 2 aromatic rings. The van der Waals surface area contributed by atoms with Crippen LogP contribution < -0.4 is 5.32 Å². The van der Waals surface area contributed by atoms with E-state index >= 15 is 0 Å². The monoisotopic (exact) mass is 254 g/mol. The number of nitriles is 1. The number of halogens is 1. The molecule has 1 unspecified atom stereocenters. The zero-order chi connectivity index (χ0) is 13.7. The van der Waals surface area contributed by atoms with E-state index in [2.05, 4.69) is 11.4 Å². The lowest BCUT2D eigenvalue weighted by Gasteiger charge is -2.14. The molecule has 0 fully saturated rings. The van der Waals surface area contributed by atoms with Crippen molar-refractivity contribution in [2.24, 2.45) is 0 Å². The lowest BCUT2D eigenvalue weighted by molar-refractivity contribution is 0.615. The second kappa shape index (κ2) is 6.12.